The molecular formula is C13H9Cl2FN2O2. The van der Waals surface area contributed by atoms with Gasteiger partial charge < -0.3 is 5.32 Å². The van der Waals surface area contributed by atoms with E-state index in [1.165, 1.54) is 24.3 Å². The van der Waals surface area contributed by atoms with Gasteiger partial charge in [0.2, 0.25) is 0 Å². The van der Waals surface area contributed by atoms with Crippen LogP contribution in [0.5, 0.6) is 0 Å². The van der Waals surface area contributed by atoms with Gasteiger partial charge in [-0.15, -0.1) is 0 Å². The number of hydrogen-bond donors (Lipinski definition) is 1. The van der Waals surface area contributed by atoms with Gasteiger partial charge in [-0.25, -0.2) is 4.39 Å². The van der Waals surface area contributed by atoms with E-state index in [0.29, 0.717) is 11.3 Å². The number of halogens is 3. The summed E-state index contributed by atoms with van der Waals surface area (Å²) in [6.07, 6.45) is 0. The lowest BCUT2D eigenvalue weighted by molar-refractivity contribution is -0.383. The van der Waals surface area contributed by atoms with Crippen molar-refractivity contribution >= 4 is 34.6 Å². The molecule has 0 saturated heterocycles. The first-order chi connectivity index (χ1) is 9.47. The fraction of sp³-hybridized carbons (Fsp3) is 0.0769. The molecule has 4 nitrogen and oxygen atoms in total. The van der Waals surface area contributed by atoms with Gasteiger partial charge in [0.1, 0.15) is 11.5 Å². The average molecular weight is 315 g/mol. The smallest absolute Gasteiger partial charge is 0.293 e. The summed E-state index contributed by atoms with van der Waals surface area (Å²) in [4.78, 5) is 10.4. The molecule has 0 bridgehead atoms. The molecule has 2 aromatic rings. The Morgan fingerprint density at radius 3 is 2.60 bits per heavy atom. The molecule has 0 aromatic heterocycles. The van der Waals surface area contributed by atoms with E-state index >= 15 is 0 Å². The summed E-state index contributed by atoms with van der Waals surface area (Å²) in [5, 5.41) is 14.1. The predicted molar refractivity (Wildman–Crippen MR) is 76.8 cm³/mol. The first kappa shape index (κ1) is 14.6. The Labute approximate surface area is 124 Å². The van der Waals surface area contributed by atoms with Gasteiger partial charge >= 0.3 is 0 Å². The van der Waals surface area contributed by atoms with Crippen LogP contribution >= 0.6 is 23.2 Å². The topological polar surface area (TPSA) is 55.2 Å². The first-order valence-corrected chi connectivity index (χ1v) is 6.34. The molecule has 0 saturated carbocycles. The first-order valence-electron chi connectivity index (χ1n) is 5.59. The molecule has 0 radical (unpaired) electrons. The molecule has 0 fully saturated rings. The molecule has 0 unspecified atom stereocenters. The minimum atomic E-state index is -0.531. The molecule has 0 aliphatic heterocycles. The van der Waals surface area contributed by atoms with Crippen LogP contribution < -0.4 is 5.32 Å². The van der Waals surface area contributed by atoms with E-state index in [1.807, 2.05) is 0 Å². The zero-order valence-corrected chi connectivity index (χ0v) is 11.6. The Morgan fingerprint density at radius 1 is 1.20 bits per heavy atom. The van der Waals surface area contributed by atoms with Crippen LogP contribution in [-0.4, -0.2) is 4.92 Å². The molecule has 2 aromatic carbocycles. The highest BCUT2D eigenvalue weighted by atomic mass is 35.5. The largest absolute Gasteiger partial charge is 0.375 e. The summed E-state index contributed by atoms with van der Waals surface area (Å²) in [7, 11) is 0. The van der Waals surface area contributed by atoms with Gasteiger partial charge in [-0.05, 0) is 29.8 Å². The van der Waals surface area contributed by atoms with Crippen molar-refractivity contribution in [3.05, 3.63) is 67.9 Å². The maximum Gasteiger partial charge on any atom is 0.293 e. The van der Waals surface area contributed by atoms with Gasteiger partial charge in [-0.1, -0.05) is 29.3 Å². The van der Waals surface area contributed by atoms with Crippen LogP contribution in [0.25, 0.3) is 0 Å². The zero-order chi connectivity index (χ0) is 14.7. The number of nitro groups is 1. The fourth-order valence-corrected chi connectivity index (χ4v) is 1.94. The van der Waals surface area contributed by atoms with Crippen molar-refractivity contribution < 1.29 is 9.31 Å². The molecule has 104 valence electrons. The minimum absolute atomic E-state index is 0.0335. The van der Waals surface area contributed by atoms with Crippen LogP contribution in [0.3, 0.4) is 0 Å². The second-order valence-electron chi connectivity index (χ2n) is 4.02. The predicted octanol–water partition coefficient (Wildman–Crippen LogP) is 4.65. The van der Waals surface area contributed by atoms with Crippen molar-refractivity contribution in [2.45, 2.75) is 6.54 Å². The second-order valence-corrected chi connectivity index (χ2v) is 4.86. The van der Waals surface area contributed by atoms with Gasteiger partial charge in [0, 0.05) is 17.6 Å². The molecule has 0 spiro atoms. The van der Waals surface area contributed by atoms with Crippen molar-refractivity contribution in [2.75, 3.05) is 5.32 Å². The van der Waals surface area contributed by atoms with Crippen LogP contribution in [0.2, 0.25) is 10.0 Å². The highest BCUT2D eigenvalue weighted by Gasteiger charge is 2.14. The van der Waals surface area contributed by atoms with Crippen molar-refractivity contribution in [3.63, 3.8) is 0 Å². The van der Waals surface area contributed by atoms with E-state index in [2.05, 4.69) is 5.32 Å². The maximum absolute atomic E-state index is 13.3. The third-order valence-electron chi connectivity index (χ3n) is 2.62. The standard InChI is InChI=1S/C13H9Cl2FN2O2/c14-9-2-4-12(13(6-9)18(19)20)17-7-8-1-3-10(15)11(16)5-8/h1-6,17H,7H2. The van der Waals surface area contributed by atoms with Gasteiger partial charge in [0.05, 0.1) is 9.95 Å². The van der Waals surface area contributed by atoms with E-state index in [-0.39, 0.29) is 22.3 Å². The summed E-state index contributed by atoms with van der Waals surface area (Å²) < 4.78 is 13.3. The van der Waals surface area contributed by atoms with E-state index < -0.39 is 10.7 Å². The number of nitro benzene ring substituents is 1. The van der Waals surface area contributed by atoms with Gasteiger partial charge in [0.15, 0.2) is 0 Å². The fourth-order valence-electron chi connectivity index (χ4n) is 1.65. The highest BCUT2D eigenvalue weighted by molar-refractivity contribution is 6.31. The quantitative estimate of drug-likeness (QED) is 0.660. The van der Waals surface area contributed by atoms with Gasteiger partial charge in [0.25, 0.3) is 5.69 Å². The third-order valence-corrected chi connectivity index (χ3v) is 3.17. The van der Waals surface area contributed by atoms with E-state index in [4.69, 9.17) is 23.2 Å². The van der Waals surface area contributed by atoms with Crippen LogP contribution in [0, 0.1) is 15.9 Å². The normalized spacial score (nSPS) is 10.3. The Balaban J connectivity index is 2.18. The summed E-state index contributed by atoms with van der Waals surface area (Å²) in [6, 6.07) is 8.65. The summed E-state index contributed by atoms with van der Waals surface area (Å²) in [5.74, 6) is -0.531. The zero-order valence-electron chi connectivity index (χ0n) is 10.1. The molecule has 7 heteroatoms. The number of nitrogens with one attached hydrogen (secondary N) is 1. The molecule has 2 rings (SSSR count). The van der Waals surface area contributed by atoms with E-state index in [0.717, 1.165) is 0 Å². The van der Waals surface area contributed by atoms with Crippen molar-refractivity contribution in [2.24, 2.45) is 0 Å². The molecule has 0 heterocycles. The number of anilines is 1. The Bertz CT molecular complexity index is 665. The molecule has 0 aliphatic carbocycles. The van der Waals surface area contributed by atoms with Crippen LogP contribution in [-0.2, 0) is 6.54 Å². The maximum atomic E-state index is 13.3. The molecule has 1 N–H and O–H groups in total. The summed E-state index contributed by atoms with van der Waals surface area (Å²) in [5.41, 5.74) is 0.804. The molecule has 0 amide bonds. The lowest BCUT2D eigenvalue weighted by Gasteiger charge is -2.08. The molecular weight excluding hydrogens is 306 g/mol. The Morgan fingerprint density at radius 2 is 1.95 bits per heavy atom. The number of rotatable bonds is 4. The van der Waals surface area contributed by atoms with Gasteiger partial charge in [-0.3, -0.25) is 10.1 Å². The number of benzene rings is 2. The second kappa shape index (κ2) is 6.07. The lowest BCUT2D eigenvalue weighted by Crippen LogP contribution is -2.03. The molecule has 0 atom stereocenters. The monoisotopic (exact) mass is 314 g/mol. The molecule has 20 heavy (non-hydrogen) atoms. The lowest BCUT2D eigenvalue weighted by atomic mass is 10.2. The summed E-state index contributed by atoms with van der Waals surface area (Å²) >= 11 is 11.3. The van der Waals surface area contributed by atoms with Crippen LogP contribution in [0.1, 0.15) is 5.56 Å². The average Bonchev–Trinajstić information content (AvgIpc) is 2.41. The Kier molecular flexibility index (Phi) is 4.42. The summed E-state index contributed by atoms with van der Waals surface area (Å²) in [6.45, 7) is 0.233. The third kappa shape index (κ3) is 3.37. The number of hydrogen-bond acceptors (Lipinski definition) is 3. The van der Waals surface area contributed by atoms with Crippen LogP contribution in [0.15, 0.2) is 36.4 Å². The Hall–Kier alpha value is -1.85. The minimum Gasteiger partial charge on any atom is -0.375 e. The van der Waals surface area contributed by atoms with E-state index in [9.17, 15) is 14.5 Å². The van der Waals surface area contributed by atoms with Crippen molar-refractivity contribution in [1.82, 2.24) is 0 Å². The van der Waals surface area contributed by atoms with E-state index in [1.54, 1.807) is 12.1 Å². The highest BCUT2D eigenvalue weighted by Crippen LogP contribution is 2.28. The van der Waals surface area contributed by atoms with Crippen LogP contribution in [0.4, 0.5) is 15.8 Å². The van der Waals surface area contributed by atoms with Crippen molar-refractivity contribution in [3.8, 4) is 0 Å². The SMILES string of the molecule is O=[N+]([O-])c1cc(Cl)ccc1NCc1ccc(Cl)c(F)c1. The van der Waals surface area contributed by atoms with Crippen molar-refractivity contribution in [1.29, 1.82) is 0 Å². The molecule has 0 aliphatic rings. The van der Waals surface area contributed by atoms with Gasteiger partial charge in [-0.2, -0.15) is 0 Å². The number of nitrogens with zero attached hydrogens (tertiary/aromatic N) is 1.